The molecule has 0 unspecified atom stereocenters. The number of nitrogens with one attached hydrogen (secondary N) is 1. The van der Waals surface area contributed by atoms with Gasteiger partial charge in [0, 0.05) is 40.1 Å². The van der Waals surface area contributed by atoms with Crippen LogP contribution in [-0.2, 0) is 19.4 Å². The van der Waals surface area contributed by atoms with Crippen LogP contribution in [0.15, 0.2) is 72.9 Å². The number of halogens is 3. The molecule has 1 aliphatic heterocycles. The smallest absolute Gasteiger partial charge is 0.273 e. The Morgan fingerprint density at radius 3 is 2.45 bits per heavy atom. The fourth-order valence-corrected chi connectivity index (χ4v) is 5.96. The lowest BCUT2D eigenvalue weighted by Gasteiger charge is -2.11. The summed E-state index contributed by atoms with van der Waals surface area (Å²) in [4.78, 5) is 14.0. The molecule has 0 bridgehead atoms. The van der Waals surface area contributed by atoms with Crippen molar-refractivity contribution in [1.82, 2.24) is 8.97 Å². The summed E-state index contributed by atoms with van der Waals surface area (Å²) in [5, 5.41) is 4.69. The van der Waals surface area contributed by atoms with Crippen LogP contribution in [0, 0.1) is 0 Å². The molecule has 1 N–H and O–H groups in total. The highest BCUT2D eigenvalue weighted by Gasteiger charge is 2.29. The van der Waals surface area contributed by atoms with Crippen molar-refractivity contribution in [1.29, 1.82) is 0 Å². The maximum Gasteiger partial charge on any atom is 0.273 e. The molecule has 0 atom stereocenters. The number of nitrogens with zero attached hydrogens (tertiary/aromatic N) is 2. The Morgan fingerprint density at radius 1 is 0.921 bits per heavy atom. The number of rotatable bonds is 5. The minimum Gasteiger partial charge on any atom is -0.325 e. The zero-order valence-electron chi connectivity index (χ0n) is 20.9. The molecule has 0 spiro atoms. The number of amides is 1. The Morgan fingerprint density at radius 2 is 1.71 bits per heavy atom. The fraction of sp³-hybridized carbons (Fsp3) is 0.194. The Kier molecular flexibility index (Phi) is 6.73. The van der Waals surface area contributed by atoms with Gasteiger partial charge in [0.15, 0.2) is 0 Å². The predicted molar refractivity (Wildman–Crippen MR) is 158 cm³/mol. The molecular formula is C31H26Cl3N3O. The van der Waals surface area contributed by atoms with Crippen LogP contribution in [0.4, 0.5) is 5.69 Å². The summed E-state index contributed by atoms with van der Waals surface area (Å²) in [5.41, 5.74) is 8.77. The second kappa shape index (κ2) is 10.2. The van der Waals surface area contributed by atoms with Crippen molar-refractivity contribution in [2.75, 3.05) is 5.32 Å². The van der Waals surface area contributed by atoms with Gasteiger partial charge < -0.3 is 9.88 Å². The van der Waals surface area contributed by atoms with Crippen molar-refractivity contribution in [3.8, 4) is 22.4 Å². The molecule has 0 saturated carbocycles. The van der Waals surface area contributed by atoms with Gasteiger partial charge >= 0.3 is 0 Å². The molecule has 192 valence electrons. The van der Waals surface area contributed by atoms with Gasteiger partial charge in [-0.15, -0.1) is 0 Å². The zero-order chi connectivity index (χ0) is 26.4. The zero-order valence-corrected chi connectivity index (χ0v) is 23.2. The highest BCUT2D eigenvalue weighted by atomic mass is 35.5. The first-order valence-corrected chi connectivity index (χ1v) is 14.0. The van der Waals surface area contributed by atoms with Gasteiger partial charge in [0.05, 0.1) is 15.7 Å². The molecule has 3 aromatic carbocycles. The van der Waals surface area contributed by atoms with E-state index < -0.39 is 0 Å². The van der Waals surface area contributed by atoms with Gasteiger partial charge in [-0.3, -0.25) is 9.20 Å². The van der Waals surface area contributed by atoms with Gasteiger partial charge in [-0.1, -0.05) is 78.1 Å². The van der Waals surface area contributed by atoms with Crippen molar-refractivity contribution in [3.05, 3.63) is 105 Å². The van der Waals surface area contributed by atoms with E-state index in [0.717, 1.165) is 60.3 Å². The largest absolute Gasteiger partial charge is 0.325 e. The lowest BCUT2D eigenvalue weighted by molar-refractivity contribution is 0.102. The minimum atomic E-state index is -0.179. The molecule has 1 aliphatic rings. The molecule has 4 nitrogen and oxygen atoms in total. The number of carbonyl (C=O) groups is 1. The van der Waals surface area contributed by atoms with E-state index in [-0.39, 0.29) is 5.91 Å². The first-order chi connectivity index (χ1) is 18.4. The SMILES string of the molecule is CCc1ccc(-c2c3c4n(c(-c5ccc(Cl)c(Cl)c5)cn4c2C(=O)Nc2cccc(Cl)c2)CCCC3)cc1. The van der Waals surface area contributed by atoms with Crippen LogP contribution in [0.3, 0.4) is 0 Å². The van der Waals surface area contributed by atoms with Gasteiger partial charge in [0.2, 0.25) is 0 Å². The number of aryl methyl sites for hydroxylation is 3. The van der Waals surface area contributed by atoms with Gasteiger partial charge in [0.1, 0.15) is 11.3 Å². The summed E-state index contributed by atoms with van der Waals surface area (Å²) < 4.78 is 4.38. The predicted octanol–water partition coefficient (Wildman–Crippen LogP) is 9.19. The summed E-state index contributed by atoms with van der Waals surface area (Å²) in [7, 11) is 0. The molecule has 38 heavy (non-hydrogen) atoms. The summed E-state index contributed by atoms with van der Waals surface area (Å²) in [6.07, 6.45) is 6.00. The van der Waals surface area contributed by atoms with Crippen molar-refractivity contribution in [2.24, 2.45) is 0 Å². The standard InChI is InChI=1S/C31H26Cl3N3O/c1-2-19-9-11-20(12-10-19)28-24-8-3-4-15-36-27(21-13-14-25(33)26(34)16-21)18-37(31(24)36)29(28)30(38)35-23-7-5-6-22(32)17-23/h5-7,9-14,16-18H,2-4,8,15H2,1H3,(H,35,38). The first kappa shape index (κ1) is 25.1. The first-order valence-electron chi connectivity index (χ1n) is 12.8. The average molecular weight is 563 g/mol. The Labute approximate surface area is 236 Å². The number of hydrogen-bond acceptors (Lipinski definition) is 1. The van der Waals surface area contributed by atoms with E-state index >= 15 is 0 Å². The highest BCUT2D eigenvalue weighted by molar-refractivity contribution is 6.42. The maximum absolute atomic E-state index is 14.0. The summed E-state index contributed by atoms with van der Waals surface area (Å²) >= 11 is 18.8. The fourth-order valence-electron chi connectivity index (χ4n) is 5.47. The number of carbonyl (C=O) groups excluding carboxylic acids is 1. The van der Waals surface area contributed by atoms with Gasteiger partial charge in [0.25, 0.3) is 5.91 Å². The van der Waals surface area contributed by atoms with E-state index in [4.69, 9.17) is 34.8 Å². The third kappa shape index (κ3) is 4.41. The van der Waals surface area contributed by atoms with Crippen LogP contribution in [0.25, 0.3) is 28.0 Å². The van der Waals surface area contributed by atoms with Crippen LogP contribution >= 0.6 is 34.8 Å². The summed E-state index contributed by atoms with van der Waals surface area (Å²) in [5.74, 6) is -0.179. The molecule has 2 aromatic heterocycles. The van der Waals surface area contributed by atoms with Crippen molar-refractivity contribution >= 4 is 52.0 Å². The molecule has 3 heterocycles. The van der Waals surface area contributed by atoms with E-state index in [9.17, 15) is 4.79 Å². The van der Waals surface area contributed by atoms with Crippen molar-refractivity contribution < 1.29 is 4.79 Å². The minimum absolute atomic E-state index is 0.179. The number of imidazole rings is 1. The molecular weight excluding hydrogens is 537 g/mol. The topological polar surface area (TPSA) is 38.4 Å². The number of benzene rings is 3. The number of hydrogen-bond donors (Lipinski definition) is 1. The third-order valence-corrected chi connectivity index (χ3v) is 8.27. The lowest BCUT2D eigenvalue weighted by atomic mass is 9.96. The van der Waals surface area contributed by atoms with Gasteiger partial charge in [-0.2, -0.15) is 0 Å². The molecule has 7 heteroatoms. The van der Waals surface area contributed by atoms with E-state index in [2.05, 4.69) is 51.7 Å². The molecule has 1 amide bonds. The number of aromatic nitrogens is 2. The van der Waals surface area contributed by atoms with Crippen LogP contribution in [0.5, 0.6) is 0 Å². The molecule has 6 rings (SSSR count). The Balaban J connectivity index is 1.60. The third-order valence-electron chi connectivity index (χ3n) is 7.30. The Hall–Kier alpha value is -3.18. The van der Waals surface area contributed by atoms with E-state index in [1.807, 2.05) is 30.3 Å². The second-order valence-electron chi connectivity index (χ2n) is 9.66. The van der Waals surface area contributed by atoms with Crippen molar-refractivity contribution in [2.45, 2.75) is 39.2 Å². The Bertz CT molecular complexity index is 1680. The molecule has 0 saturated heterocycles. The van der Waals surface area contributed by atoms with Crippen LogP contribution in [0.1, 0.15) is 41.4 Å². The highest BCUT2D eigenvalue weighted by Crippen LogP contribution is 2.40. The second-order valence-corrected chi connectivity index (χ2v) is 10.9. The van der Waals surface area contributed by atoms with Crippen molar-refractivity contribution in [3.63, 3.8) is 0 Å². The van der Waals surface area contributed by atoms with Crippen LogP contribution < -0.4 is 5.32 Å². The molecule has 0 fully saturated rings. The summed E-state index contributed by atoms with van der Waals surface area (Å²) in [6.45, 7) is 3.00. The van der Waals surface area contributed by atoms with Gasteiger partial charge in [-0.25, -0.2) is 0 Å². The molecule has 0 aliphatic carbocycles. The van der Waals surface area contributed by atoms with Crippen LogP contribution in [-0.4, -0.2) is 14.9 Å². The maximum atomic E-state index is 14.0. The van der Waals surface area contributed by atoms with Gasteiger partial charge in [-0.05, 0) is 67.1 Å². The van der Waals surface area contributed by atoms with Crippen LogP contribution in [0.2, 0.25) is 15.1 Å². The molecule has 5 aromatic rings. The number of anilines is 1. The average Bonchev–Trinajstić information content (AvgIpc) is 3.33. The monoisotopic (exact) mass is 561 g/mol. The quantitative estimate of drug-likeness (QED) is 0.228. The van der Waals surface area contributed by atoms with E-state index in [1.165, 1.54) is 11.1 Å². The normalized spacial score (nSPS) is 13.1. The molecule has 0 radical (unpaired) electrons. The summed E-state index contributed by atoms with van der Waals surface area (Å²) in [6, 6.07) is 21.5. The van der Waals surface area contributed by atoms with E-state index in [1.54, 1.807) is 12.1 Å². The van der Waals surface area contributed by atoms with E-state index in [0.29, 0.717) is 26.4 Å². The lowest BCUT2D eigenvalue weighted by Crippen LogP contribution is -2.15.